The summed E-state index contributed by atoms with van der Waals surface area (Å²) in [6, 6.07) is 9.43. The molecule has 0 fully saturated rings. The molecule has 0 unspecified atom stereocenters. The number of esters is 1. The van der Waals surface area contributed by atoms with E-state index in [4.69, 9.17) is 10.00 Å². The molecule has 0 atom stereocenters. The molecule has 0 aromatic heterocycles. The van der Waals surface area contributed by atoms with Gasteiger partial charge in [-0.05, 0) is 46.9 Å². The number of nitriles is 1. The Labute approximate surface area is 160 Å². The molecule has 2 rings (SSSR count). The normalized spacial score (nSPS) is 9.85. The molecule has 9 nitrogen and oxygen atoms in total. The quantitative estimate of drug-likeness (QED) is 0.298. The van der Waals surface area contributed by atoms with Crippen LogP contribution in [0.1, 0.15) is 15.9 Å². The van der Waals surface area contributed by atoms with E-state index in [9.17, 15) is 24.8 Å². The lowest BCUT2D eigenvalue weighted by Crippen LogP contribution is -2.21. The highest BCUT2D eigenvalue weighted by Crippen LogP contribution is 2.22. The Kier molecular flexibility index (Phi) is 6.07. The van der Waals surface area contributed by atoms with Crippen molar-refractivity contribution in [2.45, 2.75) is 0 Å². The summed E-state index contributed by atoms with van der Waals surface area (Å²) in [7, 11) is 0. The Hall–Kier alpha value is -3.20. The van der Waals surface area contributed by atoms with Gasteiger partial charge >= 0.3 is 5.97 Å². The van der Waals surface area contributed by atoms with Crippen molar-refractivity contribution in [3.8, 4) is 11.8 Å². The molecule has 0 heterocycles. The number of hydrogen-bond donors (Lipinski definition) is 2. The van der Waals surface area contributed by atoms with Gasteiger partial charge in [0.15, 0.2) is 6.61 Å². The number of halogens is 1. The molecule has 132 valence electrons. The number of amides is 1. The summed E-state index contributed by atoms with van der Waals surface area (Å²) in [6.07, 6.45) is 0. The van der Waals surface area contributed by atoms with Crippen LogP contribution in [-0.4, -0.2) is 28.5 Å². The van der Waals surface area contributed by atoms with E-state index in [2.05, 4.69) is 5.32 Å². The average molecular weight is 467 g/mol. The first-order chi connectivity index (χ1) is 12.3. The number of nitro groups is 1. The third-order valence-corrected chi connectivity index (χ3v) is 3.79. The Morgan fingerprint density at radius 3 is 2.69 bits per heavy atom. The van der Waals surface area contributed by atoms with Crippen LogP contribution in [0.25, 0.3) is 0 Å². The zero-order valence-corrected chi connectivity index (χ0v) is 15.1. The lowest BCUT2D eigenvalue weighted by atomic mass is 10.1. The zero-order chi connectivity index (χ0) is 19.3. The highest BCUT2D eigenvalue weighted by Gasteiger charge is 2.16. The maximum atomic E-state index is 11.9. The molecular formula is C16H10IN3O6. The van der Waals surface area contributed by atoms with Crippen molar-refractivity contribution in [1.82, 2.24) is 0 Å². The molecular weight excluding hydrogens is 457 g/mol. The number of benzene rings is 2. The molecule has 0 bridgehead atoms. The summed E-state index contributed by atoms with van der Waals surface area (Å²) in [5.74, 6) is -1.91. The summed E-state index contributed by atoms with van der Waals surface area (Å²) in [6.45, 7) is -0.661. The molecule has 26 heavy (non-hydrogen) atoms. The van der Waals surface area contributed by atoms with Crippen molar-refractivity contribution in [3.63, 3.8) is 0 Å². The molecule has 0 saturated heterocycles. The van der Waals surface area contributed by atoms with Crippen LogP contribution in [0.4, 0.5) is 11.4 Å². The largest absolute Gasteiger partial charge is 0.507 e. The van der Waals surface area contributed by atoms with Gasteiger partial charge in [0.1, 0.15) is 17.4 Å². The maximum Gasteiger partial charge on any atom is 0.342 e. The monoisotopic (exact) mass is 467 g/mol. The van der Waals surface area contributed by atoms with Crippen LogP contribution in [-0.2, 0) is 9.53 Å². The van der Waals surface area contributed by atoms with Gasteiger partial charge in [0, 0.05) is 15.7 Å². The lowest BCUT2D eigenvalue weighted by Gasteiger charge is -2.09. The number of rotatable bonds is 5. The van der Waals surface area contributed by atoms with Gasteiger partial charge in [-0.25, -0.2) is 4.79 Å². The van der Waals surface area contributed by atoms with E-state index in [0.717, 1.165) is 12.1 Å². The van der Waals surface area contributed by atoms with Crippen LogP contribution < -0.4 is 5.32 Å². The van der Waals surface area contributed by atoms with E-state index in [1.807, 2.05) is 22.6 Å². The molecule has 0 radical (unpaired) electrons. The van der Waals surface area contributed by atoms with E-state index in [1.54, 1.807) is 12.1 Å². The van der Waals surface area contributed by atoms with Crippen LogP contribution in [0.3, 0.4) is 0 Å². The molecule has 0 aliphatic carbocycles. The standard InChI is InChI=1S/C16H10IN3O6/c17-10-1-4-14(21)12(6-10)16(23)26-8-15(22)19-13-3-2-11(20(24)25)5-9(13)7-18/h1-6,21H,8H2,(H,19,22). The van der Waals surface area contributed by atoms with Crippen molar-refractivity contribution in [3.05, 3.63) is 61.2 Å². The number of hydrogen-bond acceptors (Lipinski definition) is 7. The van der Waals surface area contributed by atoms with Crippen molar-refractivity contribution in [2.24, 2.45) is 0 Å². The average Bonchev–Trinajstić information content (AvgIpc) is 2.61. The highest BCUT2D eigenvalue weighted by molar-refractivity contribution is 14.1. The zero-order valence-electron chi connectivity index (χ0n) is 12.9. The molecule has 2 N–H and O–H groups in total. The SMILES string of the molecule is N#Cc1cc([N+](=O)[O-])ccc1NC(=O)COC(=O)c1cc(I)ccc1O. The predicted molar refractivity (Wildman–Crippen MR) is 97.5 cm³/mol. The summed E-state index contributed by atoms with van der Waals surface area (Å²) >= 11 is 1.95. The number of ether oxygens (including phenoxy) is 1. The predicted octanol–water partition coefficient (Wildman–Crippen LogP) is 2.57. The number of anilines is 1. The molecule has 0 aliphatic rings. The Balaban J connectivity index is 2.03. The van der Waals surface area contributed by atoms with E-state index in [1.165, 1.54) is 18.2 Å². The van der Waals surface area contributed by atoms with Gasteiger partial charge in [0.05, 0.1) is 16.2 Å². The molecule has 2 aromatic rings. The number of aromatic hydroxyl groups is 1. The summed E-state index contributed by atoms with van der Waals surface area (Å²) < 4.78 is 5.52. The van der Waals surface area contributed by atoms with Gasteiger partial charge in [0.25, 0.3) is 11.6 Å². The van der Waals surface area contributed by atoms with Crippen LogP contribution in [0, 0.1) is 25.0 Å². The van der Waals surface area contributed by atoms with E-state index >= 15 is 0 Å². The van der Waals surface area contributed by atoms with Crippen molar-refractivity contribution >= 4 is 45.8 Å². The van der Waals surface area contributed by atoms with Crippen LogP contribution in [0.2, 0.25) is 0 Å². The summed E-state index contributed by atoms with van der Waals surface area (Å²) in [4.78, 5) is 33.8. The highest BCUT2D eigenvalue weighted by atomic mass is 127. The van der Waals surface area contributed by atoms with Gasteiger partial charge in [0.2, 0.25) is 0 Å². The number of nitro benzene ring substituents is 1. The molecule has 1 amide bonds. The number of phenols is 1. The van der Waals surface area contributed by atoms with Crippen LogP contribution in [0.5, 0.6) is 5.75 Å². The number of nitrogens with zero attached hydrogens (tertiary/aromatic N) is 2. The summed E-state index contributed by atoms with van der Waals surface area (Å²) in [5, 5.41) is 31.7. The minimum atomic E-state index is -0.889. The van der Waals surface area contributed by atoms with Crippen molar-refractivity contribution in [1.29, 1.82) is 5.26 Å². The minimum absolute atomic E-state index is 0.0521. The van der Waals surface area contributed by atoms with Gasteiger partial charge in [-0.15, -0.1) is 0 Å². The van der Waals surface area contributed by atoms with Crippen molar-refractivity contribution < 1.29 is 24.4 Å². The second kappa shape index (κ2) is 8.26. The third kappa shape index (κ3) is 4.67. The van der Waals surface area contributed by atoms with Gasteiger partial charge in [-0.1, -0.05) is 0 Å². The first kappa shape index (κ1) is 19.1. The number of carbonyl (C=O) groups excluding carboxylic acids is 2. The fourth-order valence-electron chi connectivity index (χ4n) is 1.91. The van der Waals surface area contributed by atoms with E-state index in [0.29, 0.717) is 3.57 Å². The molecule has 0 spiro atoms. The smallest absolute Gasteiger partial charge is 0.342 e. The van der Waals surface area contributed by atoms with Gasteiger partial charge < -0.3 is 15.2 Å². The molecule has 0 aliphatic heterocycles. The number of non-ortho nitro benzene ring substituents is 1. The Morgan fingerprint density at radius 2 is 2.04 bits per heavy atom. The van der Waals surface area contributed by atoms with Crippen molar-refractivity contribution in [2.75, 3.05) is 11.9 Å². The van der Waals surface area contributed by atoms with E-state index in [-0.39, 0.29) is 28.3 Å². The van der Waals surface area contributed by atoms with Crippen LogP contribution >= 0.6 is 22.6 Å². The van der Waals surface area contributed by atoms with E-state index < -0.39 is 23.4 Å². The second-order valence-electron chi connectivity index (χ2n) is 4.88. The fourth-order valence-corrected chi connectivity index (χ4v) is 2.41. The summed E-state index contributed by atoms with van der Waals surface area (Å²) in [5.41, 5.74) is -0.428. The topological polar surface area (TPSA) is 143 Å². The number of carbonyl (C=O) groups is 2. The first-order valence-electron chi connectivity index (χ1n) is 6.96. The molecule has 2 aromatic carbocycles. The molecule has 0 saturated carbocycles. The number of phenolic OH excluding ortho intramolecular Hbond substituents is 1. The second-order valence-corrected chi connectivity index (χ2v) is 6.13. The van der Waals surface area contributed by atoms with Crippen LogP contribution in [0.15, 0.2) is 36.4 Å². The first-order valence-corrected chi connectivity index (χ1v) is 8.03. The Bertz CT molecular complexity index is 938. The minimum Gasteiger partial charge on any atom is -0.507 e. The van der Waals surface area contributed by atoms with Gasteiger partial charge in [-0.3, -0.25) is 14.9 Å². The fraction of sp³-hybridized carbons (Fsp3) is 0.0625. The number of nitrogens with one attached hydrogen (secondary N) is 1. The molecule has 10 heteroatoms. The maximum absolute atomic E-state index is 11.9. The third-order valence-electron chi connectivity index (χ3n) is 3.12. The van der Waals surface area contributed by atoms with Gasteiger partial charge in [-0.2, -0.15) is 5.26 Å². The lowest BCUT2D eigenvalue weighted by molar-refractivity contribution is -0.384. The Morgan fingerprint density at radius 1 is 1.31 bits per heavy atom.